The molecule has 0 fully saturated rings. The summed E-state index contributed by atoms with van der Waals surface area (Å²) < 4.78 is 37.3. The summed E-state index contributed by atoms with van der Waals surface area (Å²) in [6, 6.07) is 13.3. The SMILES string of the molecule is CI1OS(=O)(=O)c2ccccc2C(=O)OC(C)(C)c2ccccc21. The Morgan fingerprint density at radius 1 is 1.00 bits per heavy atom. The Hall–Kier alpha value is -1.45. The maximum atomic E-state index is 12.6. The van der Waals surface area contributed by atoms with Gasteiger partial charge < -0.3 is 0 Å². The second kappa shape index (κ2) is 6.12. The Morgan fingerprint density at radius 3 is 2.38 bits per heavy atom. The van der Waals surface area contributed by atoms with Crippen molar-refractivity contribution in [1.82, 2.24) is 0 Å². The van der Waals surface area contributed by atoms with Crippen LogP contribution >= 0.6 is 20.2 Å². The number of cyclic esters (lactones) is 1. The third-order valence-corrected chi connectivity index (χ3v) is 10.6. The van der Waals surface area contributed by atoms with E-state index in [2.05, 4.69) is 0 Å². The number of esters is 1. The van der Waals surface area contributed by atoms with E-state index in [-0.39, 0.29) is 10.5 Å². The fourth-order valence-corrected chi connectivity index (χ4v) is 9.27. The van der Waals surface area contributed by atoms with Crippen LogP contribution in [0.4, 0.5) is 0 Å². The number of carbonyl (C=O) groups is 1. The Balaban J connectivity index is 2.25. The van der Waals surface area contributed by atoms with E-state index in [1.165, 1.54) is 12.1 Å². The molecule has 2 aromatic rings. The van der Waals surface area contributed by atoms with Gasteiger partial charge in [-0.1, -0.05) is 0 Å². The molecule has 0 unspecified atom stereocenters. The van der Waals surface area contributed by atoms with Crippen LogP contribution in [0.1, 0.15) is 29.8 Å². The molecule has 0 N–H and O–H groups in total. The van der Waals surface area contributed by atoms with Crippen LogP contribution < -0.4 is 0 Å². The summed E-state index contributed by atoms with van der Waals surface area (Å²) in [7, 11) is -4.03. The molecule has 24 heavy (non-hydrogen) atoms. The number of fused-ring (bicyclic) bond motifs is 2. The first kappa shape index (κ1) is 17.4. The minimum atomic E-state index is -4.03. The molecule has 1 aliphatic rings. The van der Waals surface area contributed by atoms with Crippen LogP contribution in [0.3, 0.4) is 0 Å². The van der Waals surface area contributed by atoms with Gasteiger partial charge in [0.15, 0.2) is 0 Å². The third-order valence-electron chi connectivity index (χ3n) is 3.71. The van der Waals surface area contributed by atoms with Crippen molar-refractivity contribution >= 4 is 36.3 Å². The van der Waals surface area contributed by atoms with Crippen LogP contribution in [0.25, 0.3) is 0 Å². The Labute approximate surface area is 149 Å². The van der Waals surface area contributed by atoms with Crippen molar-refractivity contribution in [2.24, 2.45) is 0 Å². The zero-order valence-corrected chi connectivity index (χ0v) is 16.4. The van der Waals surface area contributed by atoms with Gasteiger partial charge in [0.2, 0.25) is 0 Å². The maximum absolute atomic E-state index is 12.6. The minimum absolute atomic E-state index is 0.00534. The summed E-state index contributed by atoms with van der Waals surface area (Å²) in [6.45, 7) is 3.60. The molecule has 0 aliphatic carbocycles. The van der Waals surface area contributed by atoms with Crippen molar-refractivity contribution < 1.29 is 20.5 Å². The van der Waals surface area contributed by atoms with Gasteiger partial charge in [-0.2, -0.15) is 0 Å². The van der Waals surface area contributed by atoms with Gasteiger partial charge >= 0.3 is 149 Å². The average Bonchev–Trinajstić information content (AvgIpc) is 2.53. The van der Waals surface area contributed by atoms with E-state index >= 15 is 0 Å². The number of halogens is 1. The summed E-state index contributed by atoms with van der Waals surface area (Å²) in [5.74, 6) is -0.684. The molecule has 0 atom stereocenters. The molecule has 0 aromatic heterocycles. The number of ether oxygens (including phenoxy) is 1. The van der Waals surface area contributed by atoms with E-state index < -0.39 is 41.9 Å². The summed E-state index contributed by atoms with van der Waals surface area (Å²) in [5.41, 5.74) is -0.119. The van der Waals surface area contributed by atoms with Crippen LogP contribution in [0.2, 0.25) is 0 Å². The molecule has 5 nitrogen and oxygen atoms in total. The number of rotatable bonds is 0. The molecule has 3 rings (SSSR count). The summed E-state index contributed by atoms with van der Waals surface area (Å²) in [6.07, 6.45) is 0. The molecular weight excluding hydrogens is 443 g/mol. The molecule has 0 amide bonds. The Bertz CT molecular complexity index is 905. The van der Waals surface area contributed by atoms with Crippen LogP contribution in [-0.2, 0) is 23.0 Å². The zero-order valence-electron chi connectivity index (χ0n) is 13.4. The molecule has 128 valence electrons. The molecule has 2 aromatic carbocycles. The zero-order chi connectivity index (χ0) is 17.5. The van der Waals surface area contributed by atoms with Gasteiger partial charge in [0.1, 0.15) is 0 Å². The van der Waals surface area contributed by atoms with Gasteiger partial charge in [-0.25, -0.2) is 0 Å². The summed E-state index contributed by atoms with van der Waals surface area (Å²) in [5, 5.41) is 0. The van der Waals surface area contributed by atoms with Crippen molar-refractivity contribution in [3.8, 4) is 0 Å². The van der Waals surface area contributed by atoms with Gasteiger partial charge in [0.25, 0.3) is 0 Å². The Kier molecular flexibility index (Phi) is 4.43. The van der Waals surface area contributed by atoms with Crippen molar-refractivity contribution in [1.29, 1.82) is 0 Å². The molecule has 0 spiro atoms. The first-order chi connectivity index (χ1) is 11.2. The van der Waals surface area contributed by atoms with E-state index in [1.807, 2.05) is 29.2 Å². The van der Waals surface area contributed by atoms with E-state index in [0.29, 0.717) is 0 Å². The molecule has 1 heterocycles. The number of alkyl halides is 1. The van der Waals surface area contributed by atoms with Gasteiger partial charge in [-0.15, -0.1) is 0 Å². The molecule has 0 radical (unpaired) electrons. The fraction of sp³-hybridized carbons (Fsp3) is 0.235. The van der Waals surface area contributed by atoms with Crippen LogP contribution in [0.5, 0.6) is 0 Å². The molecule has 0 saturated heterocycles. The van der Waals surface area contributed by atoms with Gasteiger partial charge in [-0.05, 0) is 0 Å². The summed E-state index contributed by atoms with van der Waals surface area (Å²) in [4.78, 5) is 14.3. The predicted octanol–water partition coefficient (Wildman–Crippen LogP) is 3.72. The normalized spacial score (nSPS) is 20.5. The van der Waals surface area contributed by atoms with Gasteiger partial charge in [-0.3, -0.25) is 0 Å². The quantitative estimate of drug-likeness (QED) is 0.341. The predicted molar refractivity (Wildman–Crippen MR) is 98.2 cm³/mol. The van der Waals surface area contributed by atoms with E-state index in [4.69, 9.17) is 7.25 Å². The van der Waals surface area contributed by atoms with Crippen molar-refractivity contribution in [3.05, 3.63) is 63.2 Å². The second-order valence-corrected chi connectivity index (χ2v) is 11.9. The number of hydrogen-bond donors (Lipinski definition) is 0. The molecular formula is C17H17IO5S. The van der Waals surface area contributed by atoms with Gasteiger partial charge in [0.05, 0.1) is 0 Å². The Morgan fingerprint density at radius 2 is 1.62 bits per heavy atom. The van der Waals surface area contributed by atoms with Gasteiger partial charge in [0, 0.05) is 0 Å². The first-order valence-corrected chi connectivity index (χ1v) is 12.7. The van der Waals surface area contributed by atoms with E-state index in [9.17, 15) is 13.2 Å². The van der Waals surface area contributed by atoms with Crippen LogP contribution in [0.15, 0.2) is 53.4 Å². The average molecular weight is 460 g/mol. The van der Waals surface area contributed by atoms with E-state index in [0.717, 1.165) is 9.13 Å². The molecule has 7 heteroatoms. The number of hydrogen-bond acceptors (Lipinski definition) is 5. The standard InChI is InChI=1S/C17H17IO5S/c1-17(2)13-9-5-6-10-14(13)18(3)23-24(20,21)15-11-7-4-8-12(15)16(19)22-17/h4-11H,1-3H3. The molecule has 0 bridgehead atoms. The van der Waals surface area contributed by atoms with E-state index in [1.54, 1.807) is 26.0 Å². The fourth-order valence-electron chi connectivity index (χ4n) is 2.57. The second-order valence-electron chi connectivity index (χ2n) is 5.81. The number of carbonyl (C=O) groups excluding carboxylic acids is 1. The monoisotopic (exact) mass is 460 g/mol. The van der Waals surface area contributed by atoms with Crippen LogP contribution in [-0.4, -0.2) is 19.3 Å². The summed E-state index contributed by atoms with van der Waals surface area (Å²) >= 11 is -2.48. The van der Waals surface area contributed by atoms with Crippen molar-refractivity contribution in [3.63, 3.8) is 0 Å². The van der Waals surface area contributed by atoms with Crippen molar-refractivity contribution in [2.75, 3.05) is 4.93 Å². The molecule has 1 aliphatic heterocycles. The topological polar surface area (TPSA) is 69.7 Å². The van der Waals surface area contributed by atoms with Crippen LogP contribution in [0, 0.1) is 3.57 Å². The van der Waals surface area contributed by atoms with Crippen molar-refractivity contribution in [2.45, 2.75) is 24.3 Å². The number of benzene rings is 2. The molecule has 0 saturated carbocycles. The first-order valence-electron chi connectivity index (χ1n) is 7.19. The third kappa shape index (κ3) is 3.07.